The standard InChI is InChI=1S/C15H16ClFN4O3S/c1-21-7-13(18-8-21)9-5-11(14(17)12(16)6-9)15(22)19-20-25(23,24)10-3-2-4-10/h5-8,10,20H,2-4H2,1H3,(H,19,22). The van der Waals surface area contributed by atoms with Crippen LogP contribution < -0.4 is 10.3 Å². The fourth-order valence-electron chi connectivity index (χ4n) is 2.41. The molecule has 1 aromatic carbocycles. The molecular weight excluding hydrogens is 371 g/mol. The van der Waals surface area contributed by atoms with Crippen molar-refractivity contribution in [3.05, 3.63) is 41.1 Å². The van der Waals surface area contributed by atoms with Gasteiger partial charge in [-0.3, -0.25) is 10.2 Å². The molecule has 1 heterocycles. The van der Waals surface area contributed by atoms with Gasteiger partial charge in [0, 0.05) is 18.8 Å². The van der Waals surface area contributed by atoms with Crippen molar-refractivity contribution < 1.29 is 17.6 Å². The number of sulfonamides is 1. The topological polar surface area (TPSA) is 93.1 Å². The lowest BCUT2D eigenvalue weighted by molar-refractivity contribution is 0.0940. The van der Waals surface area contributed by atoms with Gasteiger partial charge in [-0.1, -0.05) is 18.0 Å². The van der Waals surface area contributed by atoms with Crippen molar-refractivity contribution in [3.63, 3.8) is 0 Å². The summed E-state index contributed by atoms with van der Waals surface area (Å²) in [5.74, 6) is -1.86. The van der Waals surface area contributed by atoms with Crippen LogP contribution in [0.25, 0.3) is 11.3 Å². The van der Waals surface area contributed by atoms with E-state index in [1.165, 1.54) is 12.1 Å². The first-order chi connectivity index (χ1) is 11.8. The van der Waals surface area contributed by atoms with E-state index in [1.54, 1.807) is 24.1 Å². The first kappa shape index (κ1) is 17.8. The summed E-state index contributed by atoms with van der Waals surface area (Å²) >= 11 is 5.86. The molecule has 0 atom stereocenters. The number of amides is 1. The van der Waals surface area contributed by atoms with E-state index in [0.29, 0.717) is 24.1 Å². The van der Waals surface area contributed by atoms with Crippen molar-refractivity contribution in [2.45, 2.75) is 24.5 Å². The Bertz CT molecular complexity index is 925. The summed E-state index contributed by atoms with van der Waals surface area (Å²) in [6, 6.07) is 2.63. The molecule has 0 spiro atoms. The third-order valence-corrected chi connectivity index (χ3v) is 6.08. The zero-order valence-electron chi connectivity index (χ0n) is 13.3. The first-order valence-electron chi connectivity index (χ1n) is 7.56. The molecule has 0 aliphatic heterocycles. The summed E-state index contributed by atoms with van der Waals surface area (Å²) in [7, 11) is -1.89. The van der Waals surface area contributed by atoms with Gasteiger partial charge in [0.2, 0.25) is 10.0 Å². The zero-order valence-corrected chi connectivity index (χ0v) is 14.9. The molecule has 7 nitrogen and oxygen atoms in total. The minimum Gasteiger partial charge on any atom is -0.340 e. The Labute approximate surface area is 149 Å². The number of hydrogen-bond donors (Lipinski definition) is 2. The number of carbonyl (C=O) groups is 1. The summed E-state index contributed by atoms with van der Waals surface area (Å²) in [5.41, 5.74) is 2.62. The van der Waals surface area contributed by atoms with Crippen LogP contribution >= 0.6 is 11.6 Å². The van der Waals surface area contributed by atoms with Crippen molar-refractivity contribution >= 4 is 27.5 Å². The van der Waals surface area contributed by atoms with E-state index in [2.05, 4.69) is 4.98 Å². The number of nitrogens with one attached hydrogen (secondary N) is 2. The quantitative estimate of drug-likeness (QED) is 0.768. The van der Waals surface area contributed by atoms with Crippen LogP contribution in [0.1, 0.15) is 29.6 Å². The summed E-state index contributed by atoms with van der Waals surface area (Å²) in [4.78, 5) is 18.4. The van der Waals surface area contributed by atoms with Crippen molar-refractivity contribution in [3.8, 4) is 11.3 Å². The summed E-state index contributed by atoms with van der Waals surface area (Å²) < 4.78 is 39.8. The third kappa shape index (κ3) is 3.68. The van der Waals surface area contributed by atoms with Gasteiger partial charge in [0.15, 0.2) is 5.82 Å². The van der Waals surface area contributed by atoms with E-state index in [9.17, 15) is 17.6 Å². The Balaban J connectivity index is 1.83. The number of carbonyl (C=O) groups excluding carboxylic acids is 1. The molecule has 1 aliphatic rings. The molecular formula is C15H16ClFN4O3S. The van der Waals surface area contributed by atoms with E-state index in [4.69, 9.17) is 11.6 Å². The summed E-state index contributed by atoms with van der Waals surface area (Å²) in [6.45, 7) is 0. The molecule has 0 bridgehead atoms. The van der Waals surface area contributed by atoms with Gasteiger partial charge in [0.05, 0.1) is 27.9 Å². The van der Waals surface area contributed by atoms with Gasteiger partial charge in [-0.05, 0) is 25.0 Å². The molecule has 1 aromatic heterocycles. The number of aromatic nitrogens is 2. The number of halogens is 2. The van der Waals surface area contributed by atoms with Crippen LogP contribution in [-0.4, -0.2) is 29.1 Å². The number of aryl methyl sites for hydroxylation is 1. The van der Waals surface area contributed by atoms with Gasteiger partial charge < -0.3 is 4.57 Å². The van der Waals surface area contributed by atoms with E-state index < -0.39 is 27.0 Å². The largest absolute Gasteiger partial charge is 0.340 e. The molecule has 1 amide bonds. The Morgan fingerprint density at radius 1 is 1.40 bits per heavy atom. The molecule has 134 valence electrons. The number of hydrogen-bond acceptors (Lipinski definition) is 4. The fraction of sp³-hybridized carbons (Fsp3) is 0.333. The highest BCUT2D eigenvalue weighted by Crippen LogP contribution is 2.27. The molecule has 2 N–H and O–H groups in total. The number of hydrazine groups is 1. The number of nitrogens with zero attached hydrogens (tertiary/aromatic N) is 2. The molecule has 3 rings (SSSR count). The SMILES string of the molecule is Cn1cnc(-c2cc(Cl)c(F)c(C(=O)NNS(=O)(=O)C3CCC3)c2)c1. The summed E-state index contributed by atoms with van der Waals surface area (Å²) in [5, 5.41) is -0.781. The second-order valence-corrected chi connectivity index (χ2v) is 8.27. The molecule has 2 aromatic rings. The Morgan fingerprint density at radius 2 is 2.12 bits per heavy atom. The predicted octanol–water partition coefficient (Wildman–Crippen LogP) is 2.00. The molecule has 1 saturated carbocycles. The second-order valence-electron chi connectivity index (χ2n) is 5.90. The van der Waals surface area contributed by atoms with Crippen LogP contribution in [0.3, 0.4) is 0 Å². The van der Waals surface area contributed by atoms with Crippen LogP contribution in [0.5, 0.6) is 0 Å². The zero-order chi connectivity index (χ0) is 18.2. The molecule has 0 saturated heterocycles. The molecule has 1 aliphatic carbocycles. The van der Waals surface area contributed by atoms with Crippen molar-refractivity contribution in [1.82, 2.24) is 19.8 Å². The maximum Gasteiger partial charge on any atom is 0.269 e. The Hall–Kier alpha value is -1.97. The highest BCUT2D eigenvalue weighted by Gasteiger charge is 2.31. The molecule has 1 fully saturated rings. The van der Waals surface area contributed by atoms with Gasteiger partial charge in [-0.25, -0.2) is 17.8 Å². The van der Waals surface area contributed by atoms with Crippen LogP contribution in [0.4, 0.5) is 4.39 Å². The molecule has 0 radical (unpaired) electrons. The van der Waals surface area contributed by atoms with E-state index in [1.807, 2.05) is 10.3 Å². The van der Waals surface area contributed by atoms with Gasteiger partial charge in [-0.15, -0.1) is 4.83 Å². The van der Waals surface area contributed by atoms with Crippen LogP contribution in [0.2, 0.25) is 5.02 Å². The fourth-order valence-corrected chi connectivity index (χ4v) is 3.99. The molecule has 25 heavy (non-hydrogen) atoms. The van der Waals surface area contributed by atoms with Gasteiger partial charge in [-0.2, -0.15) is 0 Å². The monoisotopic (exact) mass is 386 g/mol. The van der Waals surface area contributed by atoms with Crippen molar-refractivity contribution in [2.75, 3.05) is 0 Å². The molecule has 10 heteroatoms. The van der Waals surface area contributed by atoms with Gasteiger partial charge in [0.1, 0.15) is 0 Å². The minimum atomic E-state index is -3.66. The highest BCUT2D eigenvalue weighted by molar-refractivity contribution is 7.90. The normalized spacial score (nSPS) is 15.0. The van der Waals surface area contributed by atoms with E-state index in [-0.39, 0.29) is 10.6 Å². The lowest BCUT2D eigenvalue weighted by Crippen LogP contribution is -2.48. The number of benzene rings is 1. The smallest absolute Gasteiger partial charge is 0.269 e. The Kier molecular flexibility index (Phi) is 4.81. The highest BCUT2D eigenvalue weighted by atomic mass is 35.5. The van der Waals surface area contributed by atoms with Crippen LogP contribution in [-0.2, 0) is 17.1 Å². The van der Waals surface area contributed by atoms with E-state index in [0.717, 1.165) is 6.42 Å². The van der Waals surface area contributed by atoms with Crippen molar-refractivity contribution in [1.29, 1.82) is 0 Å². The maximum absolute atomic E-state index is 14.2. The maximum atomic E-state index is 14.2. The van der Waals surface area contributed by atoms with Crippen LogP contribution in [0.15, 0.2) is 24.7 Å². The lowest BCUT2D eigenvalue weighted by Gasteiger charge is -2.25. The number of imidazole rings is 1. The average molecular weight is 387 g/mol. The van der Waals surface area contributed by atoms with Gasteiger partial charge in [0.25, 0.3) is 5.91 Å². The number of rotatable bonds is 5. The Morgan fingerprint density at radius 3 is 2.68 bits per heavy atom. The van der Waals surface area contributed by atoms with Crippen LogP contribution in [0, 0.1) is 5.82 Å². The minimum absolute atomic E-state index is 0.254. The predicted molar refractivity (Wildman–Crippen MR) is 90.8 cm³/mol. The summed E-state index contributed by atoms with van der Waals surface area (Å²) in [6.07, 6.45) is 5.15. The third-order valence-electron chi connectivity index (χ3n) is 4.07. The molecule has 0 unspecified atom stereocenters. The second kappa shape index (κ2) is 6.74. The van der Waals surface area contributed by atoms with Gasteiger partial charge >= 0.3 is 0 Å². The van der Waals surface area contributed by atoms with E-state index >= 15 is 0 Å². The first-order valence-corrected chi connectivity index (χ1v) is 9.48. The average Bonchev–Trinajstić information content (AvgIpc) is 2.92. The lowest BCUT2D eigenvalue weighted by atomic mass is 10.0. The van der Waals surface area contributed by atoms with Crippen molar-refractivity contribution in [2.24, 2.45) is 7.05 Å².